The normalized spacial score (nSPS) is 12.9. The maximum atomic E-state index is 9.55. The Hall–Kier alpha value is -0.270. The molecule has 0 aliphatic heterocycles. The fourth-order valence-electron chi connectivity index (χ4n) is 0.0373. The van der Waals surface area contributed by atoms with E-state index in [1.54, 1.807) is 0 Å². The standard InChI is InChI=1S/C3H8NO2P/c1-3-7(2,6)4-5/h3,6-7H,1H2,2H3. The van der Waals surface area contributed by atoms with Gasteiger partial charge in [-0.3, -0.25) is 0 Å². The molecule has 0 aromatic heterocycles. The predicted molar refractivity (Wildman–Crippen MR) is 32.4 cm³/mol. The molecule has 7 heavy (non-hydrogen) atoms. The summed E-state index contributed by atoms with van der Waals surface area (Å²) in [6, 6.07) is 0. The molecule has 0 rings (SSSR count). The zero-order valence-electron chi connectivity index (χ0n) is 4.09. The first-order valence-corrected chi connectivity index (χ1v) is 4.30. The van der Waals surface area contributed by atoms with Crippen LogP contribution in [0, 0.1) is 4.91 Å². The van der Waals surface area contributed by atoms with Crippen molar-refractivity contribution in [3.05, 3.63) is 17.3 Å². The second-order valence-corrected chi connectivity index (χ2v) is 4.17. The average Bonchev–Trinajstić information content (AvgIpc) is 1.68. The van der Waals surface area contributed by atoms with Crippen LogP contribution in [0.25, 0.3) is 0 Å². The summed E-state index contributed by atoms with van der Waals surface area (Å²) in [5, 5.41) is 0. The van der Waals surface area contributed by atoms with Crippen LogP contribution in [-0.4, -0.2) is 11.6 Å². The molecule has 0 aromatic carbocycles. The number of nitrogens with zero attached hydrogens (tertiary/aromatic N) is 1. The topological polar surface area (TPSA) is 49.7 Å². The van der Waals surface area contributed by atoms with Crippen LogP contribution in [0.1, 0.15) is 0 Å². The summed E-state index contributed by atoms with van der Waals surface area (Å²) < 4.78 is 0. The van der Waals surface area contributed by atoms with Crippen molar-refractivity contribution < 1.29 is 4.89 Å². The van der Waals surface area contributed by atoms with Crippen LogP contribution < -0.4 is 0 Å². The molecular formula is C3H8NO2P. The van der Waals surface area contributed by atoms with Crippen LogP contribution in [0.5, 0.6) is 0 Å². The molecular weight excluding hydrogens is 113 g/mol. The molecule has 0 saturated heterocycles. The van der Waals surface area contributed by atoms with Gasteiger partial charge < -0.3 is 0 Å². The summed E-state index contributed by atoms with van der Waals surface area (Å²) in [7, 11) is -2.82. The quantitative estimate of drug-likeness (QED) is 0.439. The van der Waals surface area contributed by atoms with Crippen molar-refractivity contribution in [1.29, 1.82) is 0 Å². The van der Waals surface area contributed by atoms with Crippen molar-refractivity contribution in [2.75, 3.05) is 6.66 Å². The second-order valence-electron chi connectivity index (χ2n) is 1.39. The van der Waals surface area contributed by atoms with Crippen molar-refractivity contribution in [1.82, 2.24) is 0 Å². The van der Waals surface area contributed by atoms with Gasteiger partial charge in [-0.15, -0.1) is 0 Å². The molecule has 0 unspecified atom stereocenters. The molecule has 42 valence electrons. The third kappa shape index (κ3) is 2.43. The molecule has 4 heteroatoms. The zero-order chi connectivity index (χ0) is 5.91. The summed E-state index contributed by atoms with van der Waals surface area (Å²) in [5.41, 5.74) is 0. The van der Waals surface area contributed by atoms with Gasteiger partial charge in [0.1, 0.15) is 0 Å². The Morgan fingerprint density at radius 2 is 2.43 bits per heavy atom. The van der Waals surface area contributed by atoms with Crippen LogP contribution in [-0.2, 0) is 0 Å². The Morgan fingerprint density at radius 1 is 2.00 bits per heavy atom. The van der Waals surface area contributed by atoms with E-state index in [4.69, 9.17) is 4.89 Å². The molecule has 3 nitrogen and oxygen atoms in total. The summed E-state index contributed by atoms with van der Waals surface area (Å²) in [6.45, 7) is 4.62. The van der Waals surface area contributed by atoms with E-state index in [1.807, 2.05) is 0 Å². The fraction of sp³-hybridized carbons (Fsp3) is 0.333. The maximum absolute atomic E-state index is 9.55. The van der Waals surface area contributed by atoms with Crippen molar-refractivity contribution in [2.45, 2.75) is 0 Å². The third-order valence-corrected chi connectivity index (χ3v) is 1.71. The summed E-state index contributed by atoms with van der Waals surface area (Å²) in [6.07, 6.45) is 0. The molecule has 0 heterocycles. The molecule has 0 radical (unpaired) electrons. The molecule has 0 saturated carbocycles. The number of rotatable bonds is 2. The Morgan fingerprint density at radius 3 is 2.43 bits per heavy atom. The molecule has 0 aliphatic rings. The van der Waals surface area contributed by atoms with E-state index in [2.05, 4.69) is 11.5 Å². The van der Waals surface area contributed by atoms with Gasteiger partial charge in [0.25, 0.3) is 0 Å². The molecule has 0 aromatic rings. The minimum absolute atomic E-state index is 1.21. The van der Waals surface area contributed by atoms with Gasteiger partial charge in [-0.1, -0.05) is 0 Å². The van der Waals surface area contributed by atoms with Crippen LogP contribution in [0.2, 0.25) is 0 Å². The van der Waals surface area contributed by atoms with Crippen molar-refractivity contribution in [3.8, 4) is 0 Å². The predicted octanol–water partition coefficient (Wildman–Crippen LogP) is 1.10. The monoisotopic (exact) mass is 121 g/mol. The van der Waals surface area contributed by atoms with Crippen molar-refractivity contribution in [3.63, 3.8) is 0 Å². The molecule has 0 fully saturated rings. The number of nitroso groups, excluding NO2 is 1. The van der Waals surface area contributed by atoms with Gasteiger partial charge in [-0.05, 0) is 0 Å². The Kier molecular flexibility index (Phi) is 2.06. The first-order valence-electron chi connectivity index (χ1n) is 1.83. The Balaban J connectivity index is 3.82. The van der Waals surface area contributed by atoms with Gasteiger partial charge in [0, 0.05) is 0 Å². The van der Waals surface area contributed by atoms with Crippen molar-refractivity contribution >= 4 is 7.64 Å². The molecule has 0 spiro atoms. The van der Waals surface area contributed by atoms with Crippen molar-refractivity contribution in [2.24, 2.45) is 4.95 Å². The van der Waals surface area contributed by atoms with Crippen LogP contribution in [0.15, 0.2) is 17.3 Å². The minimum atomic E-state index is -2.82. The van der Waals surface area contributed by atoms with E-state index in [0.29, 0.717) is 0 Å². The SMILES string of the molecule is C=C[PH](C)(O)N=O. The van der Waals surface area contributed by atoms with Gasteiger partial charge in [-0.25, -0.2) is 0 Å². The van der Waals surface area contributed by atoms with E-state index in [0.717, 1.165) is 0 Å². The number of hydrogen-bond donors (Lipinski definition) is 1. The Bertz CT molecular complexity index is 80.9. The molecule has 0 bridgehead atoms. The molecule has 1 N–H and O–H groups in total. The summed E-state index contributed by atoms with van der Waals surface area (Å²) >= 11 is 0. The third-order valence-electron chi connectivity index (χ3n) is 0.572. The zero-order valence-corrected chi connectivity index (χ0v) is 5.09. The van der Waals surface area contributed by atoms with Gasteiger partial charge in [-0.2, -0.15) is 0 Å². The fourth-order valence-corrected chi connectivity index (χ4v) is 0.112. The van der Waals surface area contributed by atoms with E-state index in [9.17, 15) is 4.91 Å². The summed E-state index contributed by atoms with van der Waals surface area (Å²) in [4.78, 5) is 20.7. The van der Waals surface area contributed by atoms with Gasteiger partial charge in [0.05, 0.1) is 0 Å². The van der Waals surface area contributed by atoms with Gasteiger partial charge in [0.15, 0.2) is 0 Å². The number of hydrogen-bond acceptors (Lipinski definition) is 3. The Labute approximate surface area is 42.5 Å². The summed E-state index contributed by atoms with van der Waals surface area (Å²) in [5.74, 6) is 1.21. The van der Waals surface area contributed by atoms with Crippen LogP contribution >= 0.6 is 7.64 Å². The van der Waals surface area contributed by atoms with E-state index in [1.165, 1.54) is 12.5 Å². The van der Waals surface area contributed by atoms with E-state index < -0.39 is 7.64 Å². The molecule has 0 atom stereocenters. The molecule has 0 amide bonds. The van der Waals surface area contributed by atoms with Gasteiger partial charge in [0.2, 0.25) is 0 Å². The van der Waals surface area contributed by atoms with Crippen LogP contribution in [0.4, 0.5) is 0 Å². The molecule has 0 aliphatic carbocycles. The van der Waals surface area contributed by atoms with Gasteiger partial charge >= 0.3 is 41.4 Å². The average molecular weight is 121 g/mol. The van der Waals surface area contributed by atoms with E-state index in [-0.39, 0.29) is 0 Å². The van der Waals surface area contributed by atoms with Crippen LogP contribution in [0.3, 0.4) is 0 Å². The first-order chi connectivity index (χ1) is 3.12. The second kappa shape index (κ2) is 2.15. The van der Waals surface area contributed by atoms with E-state index >= 15 is 0 Å². The first kappa shape index (κ1) is 6.73.